The third-order valence-corrected chi connectivity index (χ3v) is 9.97. The van der Waals surface area contributed by atoms with Gasteiger partial charge in [0.25, 0.3) is 0 Å². The molecule has 10 nitrogen and oxygen atoms in total. The number of benzene rings is 2. The van der Waals surface area contributed by atoms with Gasteiger partial charge < -0.3 is 18.8 Å². The van der Waals surface area contributed by atoms with Gasteiger partial charge in [-0.25, -0.2) is 14.4 Å². The van der Waals surface area contributed by atoms with Crippen molar-refractivity contribution in [1.82, 2.24) is 34.4 Å². The lowest BCUT2D eigenvalue weighted by Gasteiger charge is -2.32. The van der Waals surface area contributed by atoms with E-state index in [9.17, 15) is 4.39 Å². The van der Waals surface area contributed by atoms with Gasteiger partial charge >= 0.3 is 0 Å². The molecule has 8 rings (SSSR count). The van der Waals surface area contributed by atoms with Gasteiger partial charge in [0.2, 0.25) is 5.88 Å². The summed E-state index contributed by atoms with van der Waals surface area (Å²) in [6.07, 6.45) is 8.14. The SMILES string of the molecule is Fc1cc(Cl)ccc1COc1cccc(C2CCN(Cc3nc4cc(-c5cnn(C6CCCCO6)n5)ccc4n3C[C@@H]3CCO3)CC2)n1. The fourth-order valence-electron chi connectivity index (χ4n) is 6.86. The molecule has 3 fully saturated rings. The van der Waals surface area contributed by atoms with Crippen molar-refractivity contribution in [1.29, 1.82) is 0 Å². The molecule has 250 valence electrons. The zero-order valence-electron chi connectivity index (χ0n) is 26.8. The Bertz CT molecular complexity index is 1880. The van der Waals surface area contributed by atoms with Gasteiger partial charge in [0.1, 0.15) is 23.9 Å². The Kier molecular flexibility index (Phi) is 9.09. The van der Waals surface area contributed by atoms with Crippen LogP contribution in [-0.2, 0) is 29.2 Å². The molecule has 0 aliphatic carbocycles. The fraction of sp³-hybridized carbons (Fsp3) is 0.444. The van der Waals surface area contributed by atoms with E-state index < -0.39 is 0 Å². The smallest absolute Gasteiger partial charge is 0.213 e. The average molecular weight is 672 g/mol. The molecule has 0 saturated carbocycles. The molecule has 3 aliphatic heterocycles. The maximum atomic E-state index is 14.2. The van der Waals surface area contributed by atoms with Gasteiger partial charge in [0.05, 0.1) is 36.4 Å². The molecule has 2 atom stereocenters. The van der Waals surface area contributed by atoms with E-state index in [4.69, 9.17) is 40.9 Å². The summed E-state index contributed by atoms with van der Waals surface area (Å²) in [6.45, 7) is 5.12. The quantitative estimate of drug-likeness (QED) is 0.158. The number of fused-ring (bicyclic) bond motifs is 1. The molecule has 0 N–H and O–H groups in total. The molecule has 5 aromatic rings. The summed E-state index contributed by atoms with van der Waals surface area (Å²) in [4.78, 5) is 14.1. The zero-order chi connectivity index (χ0) is 32.5. The number of nitrogens with zero attached hydrogens (tertiary/aromatic N) is 7. The van der Waals surface area contributed by atoms with Crippen molar-refractivity contribution in [2.45, 2.75) is 76.5 Å². The van der Waals surface area contributed by atoms with Crippen LogP contribution in [0.3, 0.4) is 0 Å². The van der Waals surface area contributed by atoms with Gasteiger partial charge in [-0.05, 0) is 81.9 Å². The molecule has 6 heterocycles. The minimum absolute atomic E-state index is 0.0900. The number of imidazole rings is 1. The summed E-state index contributed by atoms with van der Waals surface area (Å²) in [5.41, 5.74) is 5.35. The maximum Gasteiger partial charge on any atom is 0.213 e. The van der Waals surface area contributed by atoms with Crippen LogP contribution in [0.4, 0.5) is 4.39 Å². The van der Waals surface area contributed by atoms with Crippen LogP contribution in [0.1, 0.15) is 67.8 Å². The predicted octanol–water partition coefficient (Wildman–Crippen LogP) is 6.93. The van der Waals surface area contributed by atoms with Crippen LogP contribution < -0.4 is 4.74 Å². The van der Waals surface area contributed by atoms with Gasteiger partial charge in [0.15, 0.2) is 6.23 Å². The third kappa shape index (κ3) is 6.82. The first kappa shape index (κ1) is 31.4. The van der Waals surface area contributed by atoms with E-state index in [1.54, 1.807) is 16.9 Å². The molecule has 3 saturated heterocycles. The van der Waals surface area contributed by atoms with Crippen LogP contribution in [0.25, 0.3) is 22.3 Å². The number of halogens is 2. The van der Waals surface area contributed by atoms with Crippen molar-refractivity contribution >= 4 is 22.6 Å². The highest BCUT2D eigenvalue weighted by atomic mass is 35.5. The second kappa shape index (κ2) is 13.9. The number of rotatable bonds is 10. The van der Waals surface area contributed by atoms with Gasteiger partial charge in [-0.15, -0.1) is 0 Å². The molecular weight excluding hydrogens is 633 g/mol. The largest absolute Gasteiger partial charge is 0.473 e. The molecule has 1 unspecified atom stereocenters. The standard InChI is InChI=1S/C36H39ClFN7O3/c37-27-9-7-26(29(38)19-27)23-48-35-5-3-4-30(41-35)24-11-14-43(15-12-24)22-34-40-31-18-25(8-10-33(31)44(34)21-28-13-17-46-28)32-20-39-45(42-32)36-6-1-2-16-47-36/h3-5,7-10,18-20,24,28,36H,1-2,6,11-17,21-23H2/t28-,36?/m0/s1. The first-order valence-corrected chi connectivity index (χ1v) is 17.3. The minimum Gasteiger partial charge on any atom is -0.473 e. The van der Waals surface area contributed by atoms with E-state index in [1.807, 2.05) is 18.3 Å². The van der Waals surface area contributed by atoms with Crippen LogP contribution in [0.2, 0.25) is 5.02 Å². The number of ether oxygens (including phenoxy) is 3. The summed E-state index contributed by atoms with van der Waals surface area (Å²) in [5.74, 6) is 1.50. The van der Waals surface area contributed by atoms with Crippen molar-refractivity contribution in [2.24, 2.45) is 0 Å². The van der Waals surface area contributed by atoms with E-state index in [0.29, 0.717) is 22.4 Å². The van der Waals surface area contributed by atoms with Crippen molar-refractivity contribution in [2.75, 3.05) is 26.3 Å². The number of pyridine rings is 1. The van der Waals surface area contributed by atoms with Crippen molar-refractivity contribution in [3.05, 3.63) is 88.7 Å². The summed E-state index contributed by atoms with van der Waals surface area (Å²) in [5, 5.41) is 9.64. The number of aromatic nitrogens is 6. The summed E-state index contributed by atoms with van der Waals surface area (Å²) >= 11 is 5.88. The predicted molar refractivity (Wildman–Crippen MR) is 179 cm³/mol. The van der Waals surface area contributed by atoms with E-state index in [1.165, 1.54) is 6.07 Å². The lowest BCUT2D eigenvalue weighted by atomic mass is 9.93. The molecule has 0 radical (unpaired) electrons. The van der Waals surface area contributed by atoms with Crippen LogP contribution >= 0.6 is 11.6 Å². The highest BCUT2D eigenvalue weighted by molar-refractivity contribution is 6.30. The molecule has 3 aliphatic rings. The number of hydrogen-bond donors (Lipinski definition) is 0. The normalized spacial score (nSPS) is 20.6. The van der Waals surface area contributed by atoms with Crippen LogP contribution in [0, 0.1) is 5.82 Å². The van der Waals surface area contributed by atoms with Gasteiger partial charge in [0, 0.05) is 47.0 Å². The van der Waals surface area contributed by atoms with Crippen LogP contribution in [-0.4, -0.2) is 66.8 Å². The molecule has 3 aromatic heterocycles. The van der Waals surface area contributed by atoms with E-state index in [0.717, 1.165) is 112 Å². The van der Waals surface area contributed by atoms with Crippen molar-refractivity contribution < 1.29 is 18.6 Å². The van der Waals surface area contributed by atoms with Gasteiger partial charge in [-0.2, -0.15) is 15.0 Å². The Hall–Kier alpha value is -3.90. The fourth-order valence-corrected chi connectivity index (χ4v) is 7.02. The van der Waals surface area contributed by atoms with E-state index in [-0.39, 0.29) is 24.8 Å². The van der Waals surface area contributed by atoms with Crippen molar-refractivity contribution in [3.63, 3.8) is 0 Å². The Labute approximate surface area is 283 Å². The van der Waals surface area contributed by atoms with E-state index in [2.05, 4.69) is 38.8 Å². The molecule has 12 heteroatoms. The molecule has 0 bridgehead atoms. The second-order valence-corrected chi connectivity index (χ2v) is 13.4. The maximum absolute atomic E-state index is 14.2. The third-order valence-electron chi connectivity index (χ3n) is 9.73. The molecule has 0 amide bonds. The summed E-state index contributed by atoms with van der Waals surface area (Å²) in [7, 11) is 0. The lowest BCUT2D eigenvalue weighted by Crippen LogP contribution is -2.35. The Morgan fingerprint density at radius 1 is 0.938 bits per heavy atom. The van der Waals surface area contributed by atoms with Crippen LogP contribution in [0.5, 0.6) is 5.88 Å². The molecule has 48 heavy (non-hydrogen) atoms. The monoisotopic (exact) mass is 671 g/mol. The highest BCUT2D eigenvalue weighted by Crippen LogP contribution is 2.31. The van der Waals surface area contributed by atoms with Crippen molar-refractivity contribution in [3.8, 4) is 17.1 Å². The Morgan fingerprint density at radius 3 is 2.62 bits per heavy atom. The van der Waals surface area contributed by atoms with Gasteiger partial charge in [-0.1, -0.05) is 29.8 Å². The molecular formula is C36H39ClFN7O3. The Morgan fingerprint density at radius 2 is 1.83 bits per heavy atom. The second-order valence-electron chi connectivity index (χ2n) is 13.0. The van der Waals surface area contributed by atoms with Crippen LogP contribution in [0.15, 0.2) is 60.8 Å². The number of likely N-dealkylation sites (tertiary alicyclic amines) is 1. The lowest BCUT2D eigenvalue weighted by molar-refractivity contribution is -0.0592. The summed E-state index contributed by atoms with van der Waals surface area (Å²) < 4.78 is 34.1. The number of piperidine rings is 1. The number of hydrogen-bond acceptors (Lipinski definition) is 8. The minimum atomic E-state index is -0.380. The highest BCUT2D eigenvalue weighted by Gasteiger charge is 2.26. The zero-order valence-corrected chi connectivity index (χ0v) is 27.6. The topological polar surface area (TPSA) is 92.3 Å². The van der Waals surface area contributed by atoms with Gasteiger partial charge in [-0.3, -0.25) is 4.90 Å². The first-order chi connectivity index (χ1) is 23.6. The summed E-state index contributed by atoms with van der Waals surface area (Å²) in [6, 6.07) is 16.9. The molecule has 2 aromatic carbocycles. The Balaban J connectivity index is 0.941. The first-order valence-electron chi connectivity index (χ1n) is 17.0. The average Bonchev–Trinajstić information content (AvgIpc) is 3.72. The molecule has 0 spiro atoms. The van der Waals surface area contributed by atoms with E-state index >= 15 is 0 Å².